The topological polar surface area (TPSA) is 80.2 Å². The third-order valence-electron chi connectivity index (χ3n) is 4.75. The van der Waals surface area contributed by atoms with E-state index in [1.807, 2.05) is 42.5 Å². The van der Waals surface area contributed by atoms with Crippen LogP contribution in [0.5, 0.6) is 11.5 Å². The molecule has 0 bridgehead atoms. The Morgan fingerprint density at radius 2 is 1.88 bits per heavy atom. The van der Waals surface area contributed by atoms with E-state index in [-0.39, 0.29) is 17.6 Å². The van der Waals surface area contributed by atoms with E-state index in [1.165, 1.54) is 16.7 Å². The van der Waals surface area contributed by atoms with Gasteiger partial charge in [-0.3, -0.25) is 14.5 Å². The maximum Gasteiger partial charge on any atom is 0.283 e. The van der Waals surface area contributed by atoms with Gasteiger partial charge in [-0.2, -0.15) is 0 Å². The van der Waals surface area contributed by atoms with E-state index in [4.69, 9.17) is 9.47 Å². The molecule has 0 fully saturated rings. The monoisotopic (exact) mass is 453 g/mol. The number of nitrogens with one attached hydrogen (secondary N) is 1. The fourth-order valence-corrected chi connectivity index (χ4v) is 3.86. The number of anilines is 1. The molecular weight excluding hydrogens is 426 g/mol. The zero-order valence-electron chi connectivity index (χ0n) is 18.5. The number of thioether (sulfide) groups is 1. The van der Waals surface area contributed by atoms with Gasteiger partial charge in [0.25, 0.3) is 5.91 Å². The minimum absolute atomic E-state index is 0.0863. The lowest BCUT2D eigenvalue weighted by molar-refractivity contribution is -0.118. The highest BCUT2D eigenvalue weighted by Gasteiger charge is 2.32. The fourth-order valence-electron chi connectivity index (χ4n) is 3.01. The SMILES string of the molecule is CCCCNC(=O)CSC1=N/C(=C\c2ccc(OC)cc2)C(=O)N1c1cccc(OC)c1. The van der Waals surface area contributed by atoms with Crippen LogP contribution in [-0.2, 0) is 9.59 Å². The first-order valence-electron chi connectivity index (χ1n) is 10.4. The van der Waals surface area contributed by atoms with Crippen LogP contribution in [0.15, 0.2) is 59.2 Å². The lowest BCUT2D eigenvalue weighted by Gasteiger charge is -2.18. The molecule has 0 aromatic heterocycles. The predicted molar refractivity (Wildman–Crippen MR) is 129 cm³/mol. The number of ether oxygens (including phenoxy) is 2. The summed E-state index contributed by atoms with van der Waals surface area (Å²) in [6.45, 7) is 2.71. The molecule has 3 rings (SSSR count). The second-order valence-corrected chi connectivity index (χ2v) is 7.97. The van der Waals surface area contributed by atoms with Gasteiger partial charge in [-0.05, 0) is 42.3 Å². The van der Waals surface area contributed by atoms with E-state index in [9.17, 15) is 9.59 Å². The molecule has 0 aliphatic carbocycles. The standard InChI is InChI=1S/C24H27N3O4S/c1-4-5-13-25-22(28)16-32-24-26-21(14-17-9-11-19(30-2)12-10-17)23(29)27(24)18-7-6-8-20(15-18)31-3/h6-12,14-15H,4-5,13,16H2,1-3H3,(H,25,28)/b21-14-. The summed E-state index contributed by atoms with van der Waals surface area (Å²) in [5.74, 6) is 1.19. The maximum absolute atomic E-state index is 13.3. The molecule has 1 N–H and O–H groups in total. The first kappa shape index (κ1) is 23.4. The molecule has 0 radical (unpaired) electrons. The Labute approximate surface area is 192 Å². The van der Waals surface area contributed by atoms with Crippen molar-refractivity contribution in [2.75, 3.05) is 31.4 Å². The summed E-state index contributed by atoms with van der Waals surface area (Å²) >= 11 is 1.23. The largest absolute Gasteiger partial charge is 0.497 e. The number of hydrogen-bond donors (Lipinski definition) is 1. The van der Waals surface area contributed by atoms with Crippen LogP contribution in [0.1, 0.15) is 25.3 Å². The van der Waals surface area contributed by atoms with Gasteiger partial charge in [-0.1, -0.05) is 43.3 Å². The van der Waals surface area contributed by atoms with Crippen LogP contribution in [0, 0.1) is 0 Å². The van der Waals surface area contributed by atoms with Crippen molar-refractivity contribution >= 4 is 40.5 Å². The lowest BCUT2D eigenvalue weighted by Crippen LogP contribution is -2.32. The quantitative estimate of drug-likeness (QED) is 0.457. The van der Waals surface area contributed by atoms with E-state index in [0.29, 0.717) is 28.8 Å². The number of benzene rings is 2. The normalized spacial score (nSPS) is 14.5. The summed E-state index contributed by atoms with van der Waals surface area (Å²) in [5.41, 5.74) is 1.75. The van der Waals surface area contributed by atoms with Crippen molar-refractivity contribution in [2.45, 2.75) is 19.8 Å². The molecule has 8 heteroatoms. The van der Waals surface area contributed by atoms with E-state index < -0.39 is 0 Å². The highest BCUT2D eigenvalue weighted by molar-refractivity contribution is 8.14. The first-order valence-corrected chi connectivity index (χ1v) is 11.4. The number of hydrogen-bond acceptors (Lipinski definition) is 6. The average molecular weight is 454 g/mol. The van der Waals surface area contributed by atoms with Gasteiger partial charge in [0.2, 0.25) is 5.91 Å². The number of rotatable bonds is 9. The third kappa shape index (κ3) is 5.91. The number of aliphatic imine (C=N–C) groups is 1. The molecule has 2 aromatic rings. The minimum Gasteiger partial charge on any atom is -0.497 e. The lowest BCUT2D eigenvalue weighted by atomic mass is 10.2. The number of unbranched alkanes of at least 4 members (excludes halogenated alkanes) is 1. The zero-order valence-corrected chi connectivity index (χ0v) is 19.3. The molecule has 1 aliphatic heterocycles. The van der Waals surface area contributed by atoms with Gasteiger partial charge in [-0.25, -0.2) is 4.99 Å². The number of methoxy groups -OCH3 is 2. The van der Waals surface area contributed by atoms with Gasteiger partial charge in [-0.15, -0.1) is 0 Å². The van der Waals surface area contributed by atoms with Crippen molar-refractivity contribution in [3.05, 3.63) is 59.8 Å². The van der Waals surface area contributed by atoms with Crippen molar-refractivity contribution in [3.8, 4) is 11.5 Å². The zero-order chi connectivity index (χ0) is 22.9. The molecule has 168 valence electrons. The summed E-state index contributed by atoms with van der Waals surface area (Å²) in [5, 5.41) is 3.34. The van der Waals surface area contributed by atoms with Gasteiger partial charge >= 0.3 is 0 Å². The average Bonchev–Trinajstić information content (AvgIpc) is 3.13. The predicted octanol–water partition coefficient (Wildman–Crippen LogP) is 4.10. The molecule has 1 heterocycles. The van der Waals surface area contributed by atoms with Crippen LogP contribution in [0.3, 0.4) is 0 Å². The van der Waals surface area contributed by atoms with Crippen LogP contribution in [-0.4, -0.2) is 43.5 Å². The highest BCUT2D eigenvalue weighted by atomic mass is 32.2. The molecule has 0 saturated carbocycles. The molecule has 0 unspecified atom stereocenters. The maximum atomic E-state index is 13.3. The summed E-state index contributed by atoms with van der Waals surface area (Å²) in [6, 6.07) is 14.6. The Morgan fingerprint density at radius 3 is 2.56 bits per heavy atom. The van der Waals surface area contributed by atoms with Gasteiger partial charge in [0.15, 0.2) is 5.17 Å². The van der Waals surface area contributed by atoms with Crippen LogP contribution in [0.2, 0.25) is 0 Å². The van der Waals surface area contributed by atoms with E-state index in [0.717, 1.165) is 24.2 Å². The van der Waals surface area contributed by atoms with E-state index in [2.05, 4.69) is 17.2 Å². The number of carbonyl (C=O) groups excluding carboxylic acids is 2. The Balaban J connectivity index is 1.86. The Kier molecular flexibility index (Phi) is 8.33. The summed E-state index contributed by atoms with van der Waals surface area (Å²) in [7, 11) is 3.18. The van der Waals surface area contributed by atoms with Gasteiger partial charge in [0.05, 0.1) is 25.7 Å². The molecule has 2 amide bonds. The molecule has 0 atom stereocenters. The van der Waals surface area contributed by atoms with Gasteiger partial charge < -0.3 is 14.8 Å². The molecule has 32 heavy (non-hydrogen) atoms. The third-order valence-corrected chi connectivity index (χ3v) is 5.68. The van der Waals surface area contributed by atoms with Crippen molar-refractivity contribution in [3.63, 3.8) is 0 Å². The molecule has 2 aromatic carbocycles. The van der Waals surface area contributed by atoms with E-state index >= 15 is 0 Å². The molecule has 7 nitrogen and oxygen atoms in total. The molecular formula is C24H27N3O4S. The highest BCUT2D eigenvalue weighted by Crippen LogP contribution is 2.31. The van der Waals surface area contributed by atoms with Crippen molar-refractivity contribution in [1.82, 2.24) is 5.32 Å². The van der Waals surface area contributed by atoms with Gasteiger partial charge in [0, 0.05) is 12.6 Å². The Hall–Kier alpha value is -3.26. The number of carbonyl (C=O) groups is 2. The van der Waals surface area contributed by atoms with Crippen LogP contribution in [0.25, 0.3) is 6.08 Å². The fraction of sp³-hybridized carbons (Fsp3) is 0.292. The number of amides is 2. The summed E-state index contributed by atoms with van der Waals surface area (Å²) < 4.78 is 10.5. The Morgan fingerprint density at radius 1 is 1.12 bits per heavy atom. The number of nitrogens with zero attached hydrogens (tertiary/aromatic N) is 2. The second kappa shape index (κ2) is 11.4. The first-order chi connectivity index (χ1) is 15.5. The van der Waals surface area contributed by atoms with Crippen LogP contribution >= 0.6 is 11.8 Å². The number of amidine groups is 1. The summed E-state index contributed by atoms with van der Waals surface area (Å²) in [4.78, 5) is 31.5. The van der Waals surface area contributed by atoms with Crippen molar-refractivity contribution < 1.29 is 19.1 Å². The van der Waals surface area contributed by atoms with Gasteiger partial charge in [0.1, 0.15) is 17.2 Å². The Bertz CT molecular complexity index is 1020. The molecule has 1 aliphatic rings. The smallest absolute Gasteiger partial charge is 0.283 e. The second-order valence-electron chi connectivity index (χ2n) is 7.03. The minimum atomic E-state index is -0.261. The summed E-state index contributed by atoms with van der Waals surface area (Å²) in [6.07, 6.45) is 3.67. The van der Waals surface area contributed by atoms with Crippen molar-refractivity contribution in [1.29, 1.82) is 0 Å². The van der Waals surface area contributed by atoms with Crippen LogP contribution in [0.4, 0.5) is 5.69 Å². The molecule has 0 spiro atoms. The van der Waals surface area contributed by atoms with E-state index in [1.54, 1.807) is 26.4 Å². The van der Waals surface area contributed by atoms with Crippen molar-refractivity contribution in [2.24, 2.45) is 4.99 Å². The van der Waals surface area contributed by atoms with Crippen LogP contribution < -0.4 is 19.7 Å². The molecule has 0 saturated heterocycles.